The lowest BCUT2D eigenvalue weighted by molar-refractivity contribution is -0.136. The maximum atomic E-state index is 10.5. The molecule has 0 unspecified atom stereocenters. The van der Waals surface area contributed by atoms with Crippen LogP contribution in [0, 0.1) is 6.92 Å². The fraction of sp³-hybridized carbons (Fsp3) is 0.273. The second kappa shape index (κ2) is 4.75. The van der Waals surface area contributed by atoms with Gasteiger partial charge in [-0.05, 0) is 35.0 Å². The summed E-state index contributed by atoms with van der Waals surface area (Å²) in [5.74, 6) is 0.635. The van der Waals surface area contributed by atoms with Gasteiger partial charge in [0.15, 0.2) is 5.76 Å². The van der Waals surface area contributed by atoms with Crippen LogP contribution in [0.25, 0.3) is 11.5 Å². The Morgan fingerprint density at radius 1 is 1.59 bits per heavy atom. The first kappa shape index (κ1) is 11.9. The van der Waals surface area contributed by atoms with Gasteiger partial charge < -0.3 is 9.52 Å². The van der Waals surface area contributed by atoms with Gasteiger partial charge in [-0.25, -0.2) is 0 Å². The van der Waals surface area contributed by atoms with Crippen LogP contribution < -0.4 is 0 Å². The maximum Gasteiger partial charge on any atom is 0.303 e. The number of aryl methyl sites for hydroxylation is 2. The zero-order valence-corrected chi connectivity index (χ0v) is 10.7. The predicted molar refractivity (Wildman–Crippen MR) is 64.7 cm³/mol. The number of hydrogen-bond acceptors (Lipinski definition) is 3. The fourth-order valence-electron chi connectivity index (χ4n) is 1.49. The van der Waals surface area contributed by atoms with Gasteiger partial charge in [0.1, 0.15) is 11.5 Å². The highest BCUT2D eigenvalue weighted by Gasteiger charge is 2.15. The Morgan fingerprint density at radius 2 is 2.35 bits per heavy atom. The number of aromatic nitrogens is 2. The van der Waals surface area contributed by atoms with Gasteiger partial charge in [-0.15, -0.1) is 0 Å². The van der Waals surface area contributed by atoms with Crippen molar-refractivity contribution in [3.8, 4) is 11.5 Å². The number of aromatic amines is 1. The summed E-state index contributed by atoms with van der Waals surface area (Å²) in [6, 6.07) is 3.69. The van der Waals surface area contributed by atoms with Crippen LogP contribution >= 0.6 is 15.9 Å². The van der Waals surface area contributed by atoms with Crippen molar-refractivity contribution < 1.29 is 14.3 Å². The van der Waals surface area contributed by atoms with Crippen molar-refractivity contribution in [2.24, 2.45) is 0 Å². The Bertz CT molecular complexity index is 545. The van der Waals surface area contributed by atoms with Crippen LogP contribution in [0.3, 0.4) is 0 Å². The average molecular weight is 299 g/mol. The Morgan fingerprint density at radius 3 is 2.94 bits per heavy atom. The van der Waals surface area contributed by atoms with Gasteiger partial charge in [-0.1, -0.05) is 0 Å². The number of hydrogen-bond donors (Lipinski definition) is 2. The average Bonchev–Trinajstić information content (AvgIpc) is 2.82. The van der Waals surface area contributed by atoms with Crippen molar-refractivity contribution in [1.82, 2.24) is 10.2 Å². The number of aliphatic carboxylic acids is 1. The molecule has 2 N–H and O–H groups in total. The number of nitrogens with zero attached hydrogens (tertiary/aromatic N) is 1. The first-order valence-electron chi connectivity index (χ1n) is 5.09. The number of furan rings is 1. The molecule has 17 heavy (non-hydrogen) atoms. The minimum atomic E-state index is -0.832. The molecule has 90 valence electrons. The predicted octanol–water partition coefficient (Wildman–Crippen LogP) is 2.76. The maximum absolute atomic E-state index is 10.5. The second-order valence-corrected chi connectivity index (χ2v) is 4.46. The molecule has 5 nitrogen and oxygen atoms in total. The van der Waals surface area contributed by atoms with Gasteiger partial charge in [0, 0.05) is 6.42 Å². The van der Waals surface area contributed by atoms with E-state index >= 15 is 0 Å². The summed E-state index contributed by atoms with van der Waals surface area (Å²) in [6.45, 7) is 1.86. The molecule has 0 fully saturated rings. The number of H-pyrrole nitrogens is 1. The molecular formula is C11H11BrN2O3. The number of carboxylic acid groups (broad SMARTS) is 1. The van der Waals surface area contributed by atoms with Gasteiger partial charge in [0.05, 0.1) is 16.6 Å². The Hall–Kier alpha value is -1.56. The summed E-state index contributed by atoms with van der Waals surface area (Å²) >= 11 is 3.40. The lowest BCUT2D eigenvalue weighted by Gasteiger charge is -1.95. The van der Waals surface area contributed by atoms with Crippen LogP contribution in [0.5, 0.6) is 0 Å². The largest absolute Gasteiger partial charge is 0.481 e. The number of carbonyl (C=O) groups is 1. The first-order valence-corrected chi connectivity index (χ1v) is 5.88. The Balaban J connectivity index is 2.23. The summed E-state index contributed by atoms with van der Waals surface area (Å²) in [6.07, 6.45) is 0.472. The normalized spacial score (nSPS) is 10.7. The van der Waals surface area contributed by atoms with E-state index in [-0.39, 0.29) is 6.42 Å². The van der Waals surface area contributed by atoms with Crippen LogP contribution in [-0.4, -0.2) is 21.3 Å². The molecule has 0 aliphatic heterocycles. The molecule has 0 spiro atoms. The van der Waals surface area contributed by atoms with Crippen molar-refractivity contribution in [1.29, 1.82) is 0 Å². The van der Waals surface area contributed by atoms with Crippen molar-refractivity contribution >= 4 is 21.9 Å². The van der Waals surface area contributed by atoms with Crippen molar-refractivity contribution in [3.05, 3.63) is 28.1 Å². The van der Waals surface area contributed by atoms with Crippen LogP contribution in [0.15, 0.2) is 21.0 Å². The molecule has 2 rings (SSSR count). The molecule has 2 heterocycles. The Kier molecular flexibility index (Phi) is 3.33. The number of rotatable bonds is 4. The van der Waals surface area contributed by atoms with Crippen molar-refractivity contribution in [2.45, 2.75) is 19.8 Å². The lowest BCUT2D eigenvalue weighted by atomic mass is 10.2. The van der Waals surface area contributed by atoms with E-state index in [1.165, 1.54) is 0 Å². The quantitative estimate of drug-likeness (QED) is 0.909. The zero-order valence-electron chi connectivity index (χ0n) is 9.16. The number of halogens is 1. The molecule has 2 aromatic heterocycles. The van der Waals surface area contributed by atoms with E-state index in [9.17, 15) is 4.79 Å². The summed E-state index contributed by atoms with van der Waals surface area (Å²) < 4.78 is 6.22. The minimum absolute atomic E-state index is 0.0669. The molecule has 0 aliphatic rings. The SMILES string of the molecule is Cc1ccc(-c2n[nH]c(CCC(=O)O)c2Br)o1. The van der Waals surface area contributed by atoms with Gasteiger partial charge in [0.25, 0.3) is 0 Å². The van der Waals surface area contributed by atoms with E-state index in [0.29, 0.717) is 17.9 Å². The van der Waals surface area contributed by atoms with Crippen molar-refractivity contribution in [3.63, 3.8) is 0 Å². The Labute approximate surface area is 106 Å². The number of nitrogens with one attached hydrogen (secondary N) is 1. The second-order valence-electron chi connectivity index (χ2n) is 3.67. The molecule has 0 saturated carbocycles. The molecule has 0 amide bonds. The van der Waals surface area contributed by atoms with E-state index < -0.39 is 5.97 Å². The van der Waals surface area contributed by atoms with Crippen molar-refractivity contribution in [2.75, 3.05) is 0 Å². The standard InChI is InChI=1S/C11H11BrN2O3/c1-6-2-4-8(17-6)11-10(12)7(13-14-11)3-5-9(15)16/h2,4H,3,5H2,1H3,(H,13,14)(H,15,16). The smallest absolute Gasteiger partial charge is 0.303 e. The molecule has 0 aliphatic carbocycles. The molecule has 0 aromatic carbocycles. The molecule has 2 aromatic rings. The van der Waals surface area contributed by atoms with Gasteiger partial charge in [0.2, 0.25) is 0 Å². The van der Waals surface area contributed by atoms with Crippen LogP contribution in [-0.2, 0) is 11.2 Å². The summed E-state index contributed by atoms with van der Waals surface area (Å²) in [7, 11) is 0. The zero-order chi connectivity index (χ0) is 12.4. The van der Waals surface area contributed by atoms with E-state index in [1.54, 1.807) is 0 Å². The molecule has 0 radical (unpaired) electrons. The van der Waals surface area contributed by atoms with E-state index in [0.717, 1.165) is 15.9 Å². The highest BCUT2D eigenvalue weighted by Crippen LogP contribution is 2.30. The third kappa shape index (κ3) is 2.58. The van der Waals surface area contributed by atoms with Crippen LogP contribution in [0.4, 0.5) is 0 Å². The number of carboxylic acids is 1. The molecular weight excluding hydrogens is 288 g/mol. The van der Waals surface area contributed by atoms with Crippen LogP contribution in [0.2, 0.25) is 0 Å². The highest BCUT2D eigenvalue weighted by molar-refractivity contribution is 9.10. The minimum Gasteiger partial charge on any atom is -0.481 e. The lowest BCUT2D eigenvalue weighted by Crippen LogP contribution is -1.98. The fourth-order valence-corrected chi connectivity index (χ4v) is 2.06. The van der Waals surface area contributed by atoms with Gasteiger partial charge >= 0.3 is 5.97 Å². The first-order chi connectivity index (χ1) is 8.08. The molecule has 0 saturated heterocycles. The molecule has 0 bridgehead atoms. The van der Waals surface area contributed by atoms with Gasteiger partial charge in [-0.3, -0.25) is 9.89 Å². The van der Waals surface area contributed by atoms with E-state index in [4.69, 9.17) is 9.52 Å². The molecule has 0 atom stereocenters. The van der Waals surface area contributed by atoms with Gasteiger partial charge in [-0.2, -0.15) is 5.10 Å². The third-order valence-electron chi connectivity index (χ3n) is 2.34. The summed E-state index contributed by atoms with van der Waals surface area (Å²) in [5, 5.41) is 15.6. The summed E-state index contributed by atoms with van der Waals surface area (Å²) in [5.41, 5.74) is 1.43. The molecule has 6 heteroatoms. The topological polar surface area (TPSA) is 79.1 Å². The summed E-state index contributed by atoms with van der Waals surface area (Å²) in [4.78, 5) is 10.5. The van der Waals surface area contributed by atoms with Crippen LogP contribution in [0.1, 0.15) is 17.9 Å². The highest BCUT2D eigenvalue weighted by atomic mass is 79.9. The monoisotopic (exact) mass is 298 g/mol. The third-order valence-corrected chi connectivity index (χ3v) is 3.19. The van der Waals surface area contributed by atoms with E-state index in [2.05, 4.69) is 26.1 Å². The van der Waals surface area contributed by atoms with E-state index in [1.807, 2.05) is 19.1 Å².